The summed E-state index contributed by atoms with van der Waals surface area (Å²) in [7, 11) is 0. The first kappa shape index (κ1) is 17.3. The van der Waals surface area contributed by atoms with E-state index in [0.29, 0.717) is 18.8 Å². The number of amides is 2. The van der Waals surface area contributed by atoms with Crippen molar-refractivity contribution in [1.82, 2.24) is 5.32 Å². The maximum atomic E-state index is 12.3. The van der Waals surface area contributed by atoms with Crippen LogP contribution in [0.5, 0.6) is 0 Å². The zero-order valence-corrected chi connectivity index (χ0v) is 15.1. The van der Waals surface area contributed by atoms with Gasteiger partial charge in [0, 0.05) is 49.6 Å². The summed E-state index contributed by atoms with van der Waals surface area (Å²) in [6.45, 7) is 3.17. The van der Waals surface area contributed by atoms with Gasteiger partial charge < -0.3 is 14.9 Å². The van der Waals surface area contributed by atoms with Gasteiger partial charge in [-0.3, -0.25) is 14.9 Å². The number of anilines is 2. The molecule has 3 aliphatic rings. The van der Waals surface area contributed by atoms with Crippen LogP contribution in [0.25, 0.3) is 0 Å². The molecule has 0 saturated carbocycles. The minimum atomic E-state index is -0.237. The summed E-state index contributed by atoms with van der Waals surface area (Å²) in [5.74, 6) is 0.308. The van der Waals surface area contributed by atoms with Crippen LogP contribution in [0.2, 0.25) is 0 Å². The van der Waals surface area contributed by atoms with Gasteiger partial charge >= 0.3 is 0 Å². The molecule has 3 heterocycles. The summed E-state index contributed by atoms with van der Waals surface area (Å²) < 4.78 is 0. The highest BCUT2D eigenvalue weighted by Gasteiger charge is 2.36. The molecule has 1 aromatic carbocycles. The fourth-order valence-corrected chi connectivity index (χ4v) is 4.69. The van der Waals surface area contributed by atoms with Crippen LogP contribution in [0.15, 0.2) is 18.2 Å². The van der Waals surface area contributed by atoms with Gasteiger partial charge in [-0.05, 0) is 50.2 Å². The highest BCUT2D eigenvalue weighted by molar-refractivity contribution is 6.02. The summed E-state index contributed by atoms with van der Waals surface area (Å²) in [6.07, 6.45) is 5.12. The fourth-order valence-electron chi connectivity index (χ4n) is 4.69. The molecule has 1 aromatic rings. The molecule has 2 saturated heterocycles. The molecule has 140 valence electrons. The number of piperidine rings is 2. The third-order valence-electron chi connectivity index (χ3n) is 6.12. The lowest BCUT2D eigenvalue weighted by molar-refractivity contribution is -0.134. The Morgan fingerprint density at radius 1 is 1.04 bits per heavy atom. The number of aliphatic hydroxyl groups is 1. The van der Waals surface area contributed by atoms with Crippen LogP contribution >= 0.6 is 0 Å². The van der Waals surface area contributed by atoms with Gasteiger partial charge in [0.05, 0.1) is 0 Å². The Hall–Kier alpha value is -2.08. The lowest BCUT2D eigenvalue weighted by atomic mass is 9.93. The molecule has 2 fully saturated rings. The van der Waals surface area contributed by atoms with Gasteiger partial charge in [0.2, 0.25) is 11.8 Å². The van der Waals surface area contributed by atoms with E-state index >= 15 is 0 Å². The van der Waals surface area contributed by atoms with Crippen LogP contribution in [0, 0.1) is 5.92 Å². The highest BCUT2D eigenvalue weighted by atomic mass is 16.3. The number of nitrogens with one attached hydrogen (secondary N) is 1. The normalized spacial score (nSPS) is 24.0. The maximum Gasteiger partial charge on any atom is 0.249 e. The average Bonchev–Trinajstić information content (AvgIpc) is 3.07. The minimum absolute atomic E-state index is 0.162. The second-order valence-electron chi connectivity index (χ2n) is 7.63. The van der Waals surface area contributed by atoms with Gasteiger partial charge in [0.15, 0.2) is 0 Å². The SMILES string of the molecule is O=C1CCC(N2CCc3c(N4CCC(CCO)CC4)cccc32)C(=O)N1. The second-order valence-corrected chi connectivity index (χ2v) is 7.63. The van der Waals surface area contributed by atoms with Crippen molar-refractivity contribution in [2.75, 3.05) is 36.0 Å². The zero-order valence-electron chi connectivity index (χ0n) is 15.1. The number of aliphatic hydroxyl groups excluding tert-OH is 1. The molecule has 0 spiro atoms. The van der Waals surface area contributed by atoms with E-state index in [1.54, 1.807) is 0 Å². The topological polar surface area (TPSA) is 72.9 Å². The number of carbonyl (C=O) groups is 2. The maximum absolute atomic E-state index is 12.3. The van der Waals surface area contributed by atoms with E-state index in [1.807, 2.05) is 0 Å². The van der Waals surface area contributed by atoms with E-state index in [9.17, 15) is 9.59 Å². The number of carbonyl (C=O) groups excluding carboxylic acids is 2. The summed E-state index contributed by atoms with van der Waals surface area (Å²) in [6, 6.07) is 6.14. The van der Waals surface area contributed by atoms with Gasteiger partial charge in [-0.25, -0.2) is 0 Å². The Bertz CT molecular complexity index is 698. The van der Waals surface area contributed by atoms with E-state index in [0.717, 1.165) is 51.0 Å². The first-order chi connectivity index (χ1) is 12.7. The standard InChI is InChI=1S/C20H27N3O3/c24-13-9-14-6-10-22(11-7-14)16-2-1-3-17-15(16)8-12-23(17)18-4-5-19(25)21-20(18)26/h1-3,14,18,24H,4-13H2,(H,21,25,26). The first-order valence-corrected chi connectivity index (χ1v) is 9.75. The quantitative estimate of drug-likeness (QED) is 0.798. The monoisotopic (exact) mass is 357 g/mol. The van der Waals surface area contributed by atoms with E-state index in [4.69, 9.17) is 5.11 Å². The zero-order chi connectivity index (χ0) is 18.1. The second kappa shape index (κ2) is 7.27. The molecule has 0 radical (unpaired) electrons. The van der Waals surface area contributed by atoms with Crippen molar-refractivity contribution in [2.45, 2.75) is 44.6 Å². The van der Waals surface area contributed by atoms with Crippen molar-refractivity contribution >= 4 is 23.2 Å². The molecule has 1 unspecified atom stereocenters. The molecular formula is C20H27N3O3. The number of fused-ring (bicyclic) bond motifs is 1. The summed E-state index contributed by atoms with van der Waals surface area (Å²) in [5, 5.41) is 11.6. The van der Waals surface area contributed by atoms with Crippen LogP contribution in [0.1, 0.15) is 37.7 Å². The molecule has 1 atom stereocenters. The third-order valence-corrected chi connectivity index (χ3v) is 6.12. The predicted octanol–water partition coefficient (Wildman–Crippen LogP) is 1.45. The minimum Gasteiger partial charge on any atom is -0.396 e. The molecule has 4 rings (SSSR count). The smallest absolute Gasteiger partial charge is 0.249 e. The average molecular weight is 357 g/mol. The number of rotatable bonds is 4. The lowest BCUT2D eigenvalue weighted by Crippen LogP contribution is -2.52. The van der Waals surface area contributed by atoms with Crippen molar-refractivity contribution < 1.29 is 14.7 Å². The van der Waals surface area contributed by atoms with E-state index in [2.05, 4.69) is 33.3 Å². The van der Waals surface area contributed by atoms with Gasteiger partial charge in [-0.15, -0.1) is 0 Å². The van der Waals surface area contributed by atoms with Gasteiger partial charge in [-0.1, -0.05) is 6.07 Å². The molecule has 2 amide bonds. The van der Waals surface area contributed by atoms with Crippen molar-refractivity contribution in [3.8, 4) is 0 Å². The number of nitrogens with zero attached hydrogens (tertiary/aromatic N) is 2. The number of hydrogen-bond acceptors (Lipinski definition) is 5. The molecule has 6 nitrogen and oxygen atoms in total. The van der Waals surface area contributed by atoms with Crippen LogP contribution in [0.3, 0.4) is 0 Å². The lowest BCUT2D eigenvalue weighted by Gasteiger charge is -2.35. The van der Waals surface area contributed by atoms with Gasteiger partial charge in [0.25, 0.3) is 0 Å². The van der Waals surface area contributed by atoms with E-state index in [1.165, 1.54) is 11.3 Å². The largest absolute Gasteiger partial charge is 0.396 e. The summed E-state index contributed by atoms with van der Waals surface area (Å²) in [4.78, 5) is 28.4. The Morgan fingerprint density at radius 2 is 1.81 bits per heavy atom. The van der Waals surface area contributed by atoms with E-state index < -0.39 is 0 Å². The molecule has 3 aliphatic heterocycles. The van der Waals surface area contributed by atoms with Gasteiger partial charge in [0.1, 0.15) is 6.04 Å². The molecule has 26 heavy (non-hydrogen) atoms. The third kappa shape index (κ3) is 3.18. The van der Waals surface area contributed by atoms with Crippen LogP contribution < -0.4 is 15.1 Å². The predicted molar refractivity (Wildman–Crippen MR) is 100 cm³/mol. The van der Waals surface area contributed by atoms with Crippen molar-refractivity contribution in [2.24, 2.45) is 5.92 Å². The fraction of sp³-hybridized carbons (Fsp3) is 0.600. The van der Waals surface area contributed by atoms with E-state index in [-0.39, 0.29) is 24.5 Å². The number of imide groups is 1. The first-order valence-electron chi connectivity index (χ1n) is 9.75. The highest BCUT2D eigenvalue weighted by Crippen LogP contribution is 2.39. The van der Waals surface area contributed by atoms with Crippen molar-refractivity contribution in [3.05, 3.63) is 23.8 Å². The van der Waals surface area contributed by atoms with Gasteiger partial charge in [-0.2, -0.15) is 0 Å². The van der Waals surface area contributed by atoms with Crippen LogP contribution in [-0.2, 0) is 16.0 Å². The molecular weight excluding hydrogens is 330 g/mol. The molecule has 0 bridgehead atoms. The molecule has 0 aromatic heterocycles. The van der Waals surface area contributed by atoms with Crippen LogP contribution in [0.4, 0.5) is 11.4 Å². The molecule has 0 aliphatic carbocycles. The summed E-state index contributed by atoms with van der Waals surface area (Å²) >= 11 is 0. The Balaban J connectivity index is 1.52. The van der Waals surface area contributed by atoms with Crippen molar-refractivity contribution in [1.29, 1.82) is 0 Å². The Morgan fingerprint density at radius 3 is 2.54 bits per heavy atom. The van der Waals surface area contributed by atoms with Crippen LogP contribution in [-0.4, -0.2) is 49.2 Å². The summed E-state index contributed by atoms with van der Waals surface area (Å²) in [5.41, 5.74) is 3.77. The molecule has 2 N–H and O–H groups in total. The Kier molecular flexibility index (Phi) is 4.85. The Labute approximate surface area is 154 Å². The molecule has 6 heteroatoms. The number of benzene rings is 1. The van der Waals surface area contributed by atoms with Crippen molar-refractivity contribution in [3.63, 3.8) is 0 Å². The number of hydrogen-bond donors (Lipinski definition) is 2.